The summed E-state index contributed by atoms with van der Waals surface area (Å²) < 4.78 is 4.90. The molecule has 1 rings (SSSR count). The van der Waals surface area contributed by atoms with Crippen LogP contribution in [0.15, 0.2) is 30.3 Å². The lowest BCUT2D eigenvalue weighted by Gasteiger charge is -2.19. The molecule has 2 atom stereocenters. The van der Waals surface area contributed by atoms with Crippen LogP contribution >= 0.6 is 22.6 Å². The maximum Gasteiger partial charge on any atom is 0.319 e. The zero-order chi connectivity index (χ0) is 11.3. The summed E-state index contributed by atoms with van der Waals surface area (Å²) in [5.41, 5.74) is 0.904. The Kier molecular flexibility index (Phi) is 5.04. The summed E-state index contributed by atoms with van der Waals surface area (Å²) in [4.78, 5) is 10.9. The monoisotopic (exact) mass is 320 g/mol. The average molecular weight is 320 g/mol. The largest absolute Gasteiger partial charge is 0.480 e. The Morgan fingerprint density at radius 3 is 2.53 bits per heavy atom. The highest BCUT2D eigenvalue weighted by Crippen LogP contribution is 2.26. The first-order chi connectivity index (χ1) is 7.16. The van der Waals surface area contributed by atoms with Gasteiger partial charge in [0.15, 0.2) is 0 Å². The molecule has 0 amide bonds. The van der Waals surface area contributed by atoms with Gasteiger partial charge in [-0.1, -0.05) is 52.9 Å². The standard InChI is InChI=1S/C11H13IO3/c1-2-15-10(9(12)11(13)14)8-6-4-3-5-7-8/h3-7,9-10H,2H2,1H3,(H,13,14). The van der Waals surface area contributed by atoms with Gasteiger partial charge in [-0.15, -0.1) is 0 Å². The fourth-order valence-corrected chi connectivity index (χ4v) is 1.92. The zero-order valence-electron chi connectivity index (χ0n) is 8.39. The van der Waals surface area contributed by atoms with E-state index in [0.717, 1.165) is 5.56 Å². The number of benzene rings is 1. The molecule has 2 unspecified atom stereocenters. The van der Waals surface area contributed by atoms with Gasteiger partial charge in [0, 0.05) is 6.61 Å². The average Bonchev–Trinajstić information content (AvgIpc) is 2.26. The van der Waals surface area contributed by atoms with E-state index >= 15 is 0 Å². The Morgan fingerprint density at radius 1 is 1.47 bits per heavy atom. The molecule has 0 aliphatic heterocycles. The van der Waals surface area contributed by atoms with Crippen molar-refractivity contribution >= 4 is 28.6 Å². The van der Waals surface area contributed by atoms with Crippen molar-refractivity contribution in [3.63, 3.8) is 0 Å². The number of aliphatic carboxylic acids is 1. The molecule has 0 saturated heterocycles. The first kappa shape index (κ1) is 12.4. The van der Waals surface area contributed by atoms with E-state index in [0.29, 0.717) is 6.61 Å². The van der Waals surface area contributed by atoms with Gasteiger partial charge in [-0.3, -0.25) is 4.79 Å². The first-order valence-corrected chi connectivity index (χ1v) is 5.94. The van der Waals surface area contributed by atoms with Crippen molar-refractivity contribution in [3.8, 4) is 0 Å². The Hall–Kier alpha value is -0.620. The van der Waals surface area contributed by atoms with Crippen molar-refractivity contribution < 1.29 is 14.6 Å². The quantitative estimate of drug-likeness (QED) is 0.670. The van der Waals surface area contributed by atoms with E-state index in [4.69, 9.17) is 9.84 Å². The van der Waals surface area contributed by atoms with Gasteiger partial charge in [0.25, 0.3) is 0 Å². The molecule has 0 aliphatic rings. The summed E-state index contributed by atoms with van der Waals surface area (Å²) >= 11 is 1.90. The van der Waals surface area contributed by atoms with Crippen LogP contribution in [-0.4, -0.2) is 21.6 Å². The number of hydrogen-bond donors (Lipinski definition) is 1. The molecule has 4 heteroatoms. The summed E-state index contributed by atoms with van der Waals surface area (Å²) in [7, 11) is 0. The summed E-state index contributed by atoms with van der Waals surface area (Å²) in [5.74, 6) is -0.849. The van der Waals surface area contributed by atoms with Crippen LogP contribution in [0.3, 0.4) is 0 Å². The molecule has 0 fully saturated rings. The van der Waals surface area contributed by atoms with Crippen molar-refractivity contribution in [3.05, 3.63) is 35.9 Å². The Labute approximate surface area is 103 Å². The summed E-state index contributed by atoms with van der Waals surface area (Å²) in [5, 5.41) is 8.95. The van der Waals surface area contributed by atoms with Gasteiger partial charge < -0.3 is 9.84 Å². The third-order valence-electron chi connectivity index (χ3n) is 1.98. The SMILES string of the molecule is CCOC(c1ccccc1)C(I)C(=O)O. The Balaban J connectivity index is 2.87. The fourth-order valence-electron chi connectivity index (χ4n) is 1.30. The van der Waals surface area contributed by atoms with Crippen LogP contribution < -0.4 is 0 Å². The number of carboxylic acids is 1. The molecule has 0 aliphatic carbocycles. The summed E-state index contributed by atoms with van der Waals surface area (Å²) in [6.45, 7) is 2.37. The molecule has 15 heavy (non-hydrogen) atoms. The molecular formula is C11H13IO3. The van der Waals surface area contributed by atoms with Gasteiger partial charge in [-0.25, -0.2) is 0 Å². The summed E-state index contributed by atoms with van der Waals surface area (Å²) in [6.07, 6.45) is -0.380. The number of carboxylic acid groups (broad SMARTS) is 1. The van der Waals surface area contributed by atoms with Crippen LogP contribution in [0.25, 0.3) is 0 Å². The van der Waals surface area contributed by atoms with E-state index in [-0.39, 0.29) is 6.10 Å². The molecule has 0 aromatic heterocycles. The smallest absolute Gasteiger partial charge is 0.319 e. The van der Waals surface area contributed by atoms with Crippen LogP contribution in [0.1, 0.15) is 18.6 Å². The van der Waals surface area contributed by atoms with Gasteiger partial charge >= 0.3 is 5.97 Å². The Morgan fingerprint density at radius 2 is 2.07 bits per heavy atom. The molecule has 0 saturated carbocycles. The van der Waals surface area contributed by atoms with Crippen molar-refractivity contribution in [2.24, 2.45) is 0 Å². The van der Waals surface area contributed by atoms with E-state index in [1.165, 1.54) is 0 Å². The van der Waals surface area contributed by atoms with Crippen molar-refractivity contribution in [1.82, 2.24) is 0 Å². The lowest BCUT2D eigenvalue weighted by Crippen LogP contribution is -2.24. The third kappa shape index (κ3) is 3.46. The molecular weight excluding hydrogens is 307 g/mol. The van der Waals surface area contributed by atoms with Crippen LogP contribution in [0.5, 0.6) is 0 Å². The molecule has 0 spiro atoms. The lowest BCUT2D eigenvalue weighted by molar-refractivity contribution is -0.138. The normalized spacial score (nSPS) is 14.5. The van der Waals surface area contributed by atoms with Crippen LogP contribution in [0.4, 0.5) is 0 Å². The molecule has 1 N–H and O–H groups in total. The first-order valence-electron chi connectivity index (χ1n) is 4.70. The van der Waals surface area contributed by atoms with Crippen molar-refractivity contribution in [2.75, 3.05) is 6.61 Å². The van der Waals surface area contributed by atoms with Gasteiger partial charge in [-0.05, 0) is 12.5 Å². The second-order valence-corrected chi connectivity index (χ2v) is 4.37. The van der Waals surface area contributed by atoms with Gasteiger partial charge in [0.2, 0.25) is 0 Å². The van der Waals surface area contributed by atoms with E-state index < -0.39 is 9.89 Å². The molecule has 1 aromatic carbocycles. The number of alkyl halides is 1. The van der Waals surface area contributed by atoms with E-state index in [1.54, 1.807) is 0 Å². The molecule has 0 radical (unpaired) electrons. The predicted molar refractivity (Wildman–Crippen MR) is 66.3 cm³/mol. The summed E-state index contributed by atoms with van der Waals surface area (Å²) in [6, 6.07) is 9.43. The number of ether oxygens (including phenoxy) is 1. The maximum absolute atomic E-state index is 10.9. The highest BCUT2D eigenvalue weighted by atomic mass is 127. The van der Waals surface area contributed by atoms with E-state index in [2.05, 4.69) is 0 Å². The number of hydrogen-bond acceptors (Lipinski definition) is 2. The fraction of sp³-hybridized carbons (Fsp3) is 0.364. The minimum absolute atomic E-state index is 0.380. The topological polar surface area (TPSA) is 46.5 Å². The maximum atomic E-state index is 10.9. The van der Waals surface area contributed by atoms with Crippen molar-refractivity contribution in [1.29, 1.82) is 0 Å². The second-order valence-electron chi connectivity index (χ2n) is 3.03. The Bertz CT molecular complexity index is 313. The number of halogens is 1. The van der Waals surface area contributed by atoms with E-state index in [1.807, 2.05) is 59.8 Å². The molecule has 82 valence electrons. The lowest BCUT2D eigenvalue weighted by atomic mass is 10.1. The number of rotatable bonds is 5. The van der Waals surface area contributed by atoms with Crippen molar-refractivity contribution in [2.45, 2.75) is 17.0 Å². The van der Waals surface area contributed by atoms with Crippen LogP contribution in [0, 0.1) is 0 Å². The highest BCUT2D eigenvalue weighted by molar-refractivity contribution is 14.1. The minimum Gasteiger partial charge on any atom is -0.480 e. The van der Waals surface area contributed by atoms with Gasteiger partial charge in [-0.2, -0.15) is 0 Å². The van der Waals surface area contributed by atoms with Crippen LogP contribution in [-0.2, 0) is 9.53 Å². The third-order valence-corrected chi connectivity index (χ3v) is 3.16. The predicted octanol–water partition coefficient (Wildman–Crippen LogP) is 2.65. The zero-order valence-corrected chi connectivity index (χ0v) is 10.5. The molecule has 0 heterocycles. The van der Waals surface area contributed by atoms with Gasteiger partial charge in [0.05, 0.1) is 0 Å². The molecule has 0 bridgehead atoms. The van der Waals surface area contributed by atoms with Gasteiger partial charge in [0.1, 0.15) is 10.0 Å². The molecule has 3 nitrogen and oxygen atoms in total. The second kappa shape index (κ2) is 6.07. The van der Waals surface area contributed by atoms with E-state index in [9.17, 15) is 4.79 Å². The van der Waals surface area contributed by atoms with Crippen LogP contribution in [0.2, 0.25) is 0 Å². The minimum atomic E-state index is -0.849. The highest BCUT2D eigenvalue weighted by Gasteiger charge is 2.26. The molecule has 1 aromatic rings. The number of carbonyl (C=O) groups is 1.